The summed E-state index contributed by atoms with van der Waals surface area (Å²) in [7, 11) is 0. The summed E-state index contributed by atoms with van der Waals surface area (Å²) in [5.74, 6) is -8.87. The Morgan fingerprint density at radius 2 is 1.81 bits per heavy atom. The molecule has 0 radical (unpaired) electrons. The van der Waals surface area contributed by atoms with Crippen molar-refractivity contribution in [3.05, 3.63) is 23.8 Å². The lowest BCUT2D eigenvalue weighted by atomic mass is 10.3. The summed E-state index contributed by atoms with van der Waals surface area (Å²) in [6, 6.07) is 0.363. The molecule has 0 saturated carbocycles. The lowest BCUT2D eigenvalue weighted by Gasteiger charge is -2.11. The molecular weight excluding hydrogens is 239 g/mol. The molecular formula is C7H3F5N2O2. The number of aromatic nitrogens is 2. The number of aliphatic carboxylic acids is 1. The van der Waals surface area contributed by atoms with Gasteiger partial charge in [0.15, 0.2) is 0 Å². The Hall–Kier alpha value is -1.80. The van der Waals surface area contributed by atoms with E-state index in [1.165, 1.54) is 0 Å². The molecule has 1 N–H and O–H groups in total. The number of rotatable bonds is 2. The van der Waals surface area contributed by atoms with Gasteiger partial charge in [-0.3, -0.25) is 0 Å². The van der Waals surface area contributed by atoms with Gasteiger partial charge in [0.2, 0.25) is 5.82 Å². The fourth-order valence-electron chi connectivity index (χ4n) is 0.763. The van der Waals surface area contributed by atoms with E-state index in [9.17, 15) is 26.7 Å². The van der Waals surface area contributed by atoms with Crippen molar-refractivity contribution >= 4 is 5.97 Å². The van der Waals surface area contributed by atoms with Crippen molar-refractivity contribution in [3.63, 3.8) is 0 Å². The third-order valence-corrected chi connectivity index (χ3v) is 1.50. The average molecular weight is 242 g/mol. The zero-order valence-electron chi connectivity index (χ0n) is 7.29. The summed E-state index contributed by atoms with van der Waals surface area (Å²) in [4.78, 5) is 15.3. The van der Waals surface area contributed by atoms with Crippen LogP contribution in [0.25, 0.3) is 0 Å². The number of carbonyl (C=O) groups is 1. The molecule has 88 valence electrons. The summed E-state index contributed by atoms with van der Waals surface area (Å²) in [5, 5.41) is 8.08. The summed E-state index contributed by atoms with van der Waals surface area (Å²) in [6.07, 6.45) is -4.52. The van der Waals surface area contributed by atoms with Crippen molar-refractivity contribution in [2.24, 2.45) is 0 Å². The van der Waals surface area contributed by atoms with Crippen LogP contribution < -0.4 is 0 Å². The first-order valence-corrected chi connectivity index (χ1v) is 3.67. The van der Waals surface area contributed by atoms with E-state index in [1.807, 2.05) is 0 Å². The normalized spacial score (nSPS) is 12.6. The van der Waals surface area contributed by atoms with Gasteiger partial charge in [-0.1, -0.05) is 0 Å². The second-order valence-electron chi connectivity index (χ2n) is 2.64. The molecule has 0 aliphatic rings. The zero-order valence-corrected chi connectivity index (χ0v) is 7.29. The Balaban J connectivity index is 3.23. The second-order valence-corrected chi connectivity index (χ2v) is 2.64. The number of hydrogen-bond acceptors (Lipinski definition) is 3. The summed E-state index contributed by atoms with van der Waals surface area (Å²) >= 11 is 0. The van der Waals surface area contributed by atoms with Crippen molar-refractivity contribution in [1.82, 2.24) is 9.97 Å². The smallest absolute Gasteiger partial charge is 0.433 e. The molecule has 0 amide bonds. The first-order chi connectivity index (χ1) is 7.15. The molecule has 0 spiro atoms. The standard InChI is InChI=1S/C7H3F5N2O2/c8-6(9,5(15)16)4-13-2-1-3(14-4)7(10,11)12/h1-2H,(H,15,16). The Labute approximate surface area is 84.7 Å². The summed E-state index contributed by atoms with van der Waals surface area (Å²) < 4.78 is 61.7. The van der Waals surface area contributed by atoms with Crippen LogP contribution in [0.2, 0.25) is 0 Å². The predicted molar refractivity (Wildman–Crippen MR) is 38.6 cm³/mol. The maximum absolute atomic E-state index is 12.8. The van der Waals surface area contributed by atoms with Crippen molar-refractivity contribution in [1.29, 1.82) is 0 Å². The van der Waals surface area contributed by atoms with Crippen LogP contribution in [0.15, 0.2) is 12.3 Å². The highest BCUT2D eigenvalue weighted by molar-refractivity contribution is 5.75. The highest BCUT2D eigenvalue weighted by Gasteiger charge is 2.46. The summed E-state index contributed by atoms with van der Waals surface area (Å²) in [5.41, 5.74) is -1.63. The van der Waals surface area contributed by atoms with Gasteiger partial charge < -0.3 is 5.11 Å². The number of carboxylic acid groups (broad SMARTS) is 1. The van der Waals surface area contributed by atoms with Crippen molar-refractivity contribution in [2.45, 2.75) is 12.1 Å². The van der Waals surface area contributed by atoms with Crippen molar-refractivity contribution in [2.75, 3.05) is 0 Å². The molecule has 0 aliphatic carbocycles. The van der Waals surface area contributed by atoms with E-state index in [-0.39, 0.29) is 0 Å². The highest BCUT2D eigenvalue weighted by atomic mass is 19.4. The van der Waals surface area contributed by atoms with Gasteiger partial charge in [0.05, 0.1) is 0 Å². The Bertz CT molecular complexity index is 417. The Morgan fingerprint density at radius 3 is 2.25 bits per heavy atom. The molecule has 1 aromatic rings. The Kier molecular flexibility index (Phi) is 2.80. The average Bonchev–Trinajstić information content (AvgIpc) is 2.16. The molecule has 0 aliphatic heterocycles. The number of hydrogen-bond donors (Lipinski definition) is 1. The molecule has 0 bridgehead atoms. The van der Waals surface area contributed by atoms with Crippen LogP contribution in [0.4, 0.5) is 22.0 Å². The van der Waals surface area contributed by atoms with Gasteiger partial charge in [0.25, 0.3) is 0 Å². The minimum Gasteiger partial charge on any atom is -0.476 e. The predicted octanol–water partition coefficient (Wildman–Crippen LogP) is 1.67. The van der Waals surface area contributed by atoms with Crippen LogP contribution in [0.1, 0.15) is 11.5 Å². The topological polar surface area (TPSA) is 63.1 Å². The highest BCUT2D eigenvalue weighted by Crippen LogP contribution is 2.30. The third-order valence-electron chi connectivity index (χ3n) is 1.50. The molecule has 0 aromatic carbocycles. The lowest BCUT2D eigenvalue weighted by Crippen LogP contribution is -2.29. The molecule has 1 aromatic heterocycles. The van der Waals surface area contributed by atoms with Crippen LogP contribution in [0.3, 0.4) is 0 Å². The van der Waals surface area contributed by atoms with E-state index in [0.717, 1.165) is 0 Å². The van der Waals surface area contributed by atoms with E-state index in [0.29, 0.717) is 12.3 Å². The van der Waals surface area contributed by atoms with Gasteiger partial charge in [-0.15, -0.1) is 0 Å². The Morgan fingerprint density at radius 1 is 1.25 bits per heavy atom. The van der Waals surface area contributed by atoms with Crippen LogP contribution in [-0.2, 0) is 16.9 Å². The van der Waals surface area contributed by atoms with Gasteiger partial charge in [-0.25, -0.2) is 14.8 Å². The molecule has 4 nitrogen and oxygen atoms in total. The van der Waals surface area contributed by atoms with Gasteiger partial charge in [-0.2, -0.15) is 22.0 Å². The minimum absolute atomic E-state index is 0.363. The van der Waals surface area contributed by atoms with Gasteiger partial charge in [-0.05, 0) is 6.07 Å². The molecule has 0 saturated heterocycles. The van der Waals surface area contributed by atoms with Crippen LogP contribution >= 0.6 is 0 Å². The first kappa shape index (κ1) is 12.3. The molecule has 0 unspecified atom stereocenters. The van der Waals surface area contributed by atoms with Crippen LogP contribution in [0, 0.1) is 0 Å². The quantitative estimate of drug-likeness (QED) is 0.801. The van der Waals surface area contributed by atoms with Crippen molar-refractivity contribution < 1.29 is 31.9 Å². The molecule has 0 atom stereocenters. The van der Waals surface area contributed by atoms with E-state index in [4.69, 9.17) is 5.11 Å². The lowest BCUT2D eigenvalue weighted by molar-refractivity contribution is -0.168. The number of alkyl halides is 5. The first-order valence-electron chi connectivity index (χ1n) is 3.67. The van der Waals surface area contributed by atoms with Crippen LogP contribution in [-0.4, -0.2) is 21.0 Å². The third kappa shape index (κ3) is 2.23. The van der Waals surface area contributed by atoms with Crippen LogP contribution in [0.5, 0.6) is 0 Å². The van der Waals surface area contributed by atoms with E-state index in [2.05, 4.69) is 9.97 Å². The molecule has 0 fully saturated rings. The summed E-state index contributed by atoms with van der Waals surface area (Å²) in [6.45, 7) is 0. The zero-order chi connectivity index (χ0) is 12.6. The minimum atomic E-state index is -4.94. The van der Waals surface area contributed by atoms with Gasteiger partial charge in [0, 0.05) is 6.20 Å². The van der Waals surface area contributed by atoms with Gasteiger partial charge in [0.1, 0.15) is 5.69 Å². The SMILES string of the molecule is O=C(O)C(F)(F)c1nccc(C(F)(F)F)n1. The van der Waals surface area contributed by atoms with Gasteiger partial charge >= 0.3 is 18.1 Å². The molecule has 1 heterocycles. The fraction of sp³-hybridized carbons (Fsp3) is 0.286. The van der Waals surface area contributed by atoms with Crippen molar-refractivity contribution in [3.8, 4) is 0 Å². The van der Waals surface area contributed by atoms with E-state index < -0.39 is 29.6 Å². The number of halogens is 5. The molecule has 9 heteroatoms. The van der Waals surface area contributed by atoms with E-state index >= 15 is 0 Å². The fourth-order valence-corrected chi connectivity index (χ4v) is 0.763. The van der Waals surface area contributed by atoms with E-state index in [1.54, 1.807) is 0 Å². The largest absolute Gasteiger partial charge is 0.476 e. The molecule has 16 heavy (non-hydrogen) atoms. The second kappa shape index (κ2) is 3.65. The monoisotopic (exact) mass is 242 g/mol. The maximum Gasteiger partial charge on any atom is 0.433 e. The number of nitrogens with zero attached hydrogens (tertiary/aromatic N) is 2. The molecule has 1 rings (SSSR count). The maximum atomic E-state index is 12.8. The number of carboxylic acids is 1.